The van der Waals surface area contributed by atoms with E-state index in [1.807, 2.05) is 52.0 Å². The lowest BCUT2D eigenvalue weighted by molar-refractivity contribution is -0.120. The summed E-state index contributed by atoms with van der Waals surface area (Å²) in [5, 5.41) is 11.3. The minimum Gasteiger partial charge on any atom is -0.496 e. The van der Waals surface area contributed by atoms with Crippen LogP contribution >= 0.6 is 0 Å². The number of carbonyl (C=O) groups excluding carboxylic acids is 2. The molecule has 224 valence electrons. The summed E-state index contributed by atoms with van der Waals surface area (Å²) in [5.74, 6) is 0.459. The molecule has 2 bridgehead atoms. The summed E-state index contributed by atoms with van der Waals surface area (Å²) in [6.07, 6.45) is 6.94. The third-order valence-corrected chi connectivity index (χ3v) is 9.77. The molecule has 1 aliphatic carbocycles. The van der Waals surface area contributed by atoms with Gasteiger partial charge in [-0.05, 0) is 107 Å². The van der Waals surface area contributed by atoms with E-state index in [9.17, 15) is 14.7 Å². The van der Waals surface area contributed by atoms with E-state index in [4.69, 9.17) is 14.2 Å². The van der Waals surface area contributed by atoms with Crippen LogP contribution in [0.1, 0.15) is 86.3 Å². The Bertz CT molecular complexity index is 1530. The van der Waals surface area contributed by atoms with Crippen LogP contribution in [0.2, 0.25) is 0 Å². The van der Waals surface area contributed by atoms with Crippen molar-refractivity contribution in [2.75, 3.05) is 14.2 Å². The number of benzene rings is 2. The van der Waals surface area contributed by atoms with Crippen LogP contribution in [-0.2, 0) is 21.6 Å². The number of aromatic nitrogens is 1. The van der Waals surface area contributed by atoms with Crippen LogP contribution in [0.4, 0.5) is 4.79 Å². The highest BCUT2D eigenvalue weighted by Crippen LogP contribution is 2.63. The maximum Gasteiger partial charge on any atom is 0.419 e. The van der Waals surface area contributed by atoms with E-state index < -0.39 is 11.7 Å². The molecule has 42 heavy (non-hydrogen) atoms. The van der Waals surface area contributed by atoms with E-state index in [2.05, 4.69) is 17.0 Å². The lowest BCUT2D eigenvalue weighted by Crippen LogP contribution is -2.58. The third-order valence-electron chi connectivity index (χ3n) is 9.77. The molecular weight excluding hydrogens is 532 g/mol. The number of fused-ring (bicyclic) bond motifs is 3. The van der Waals surface area contributed by atoms with Crippen molar-refractivity contribution in [3.05, 3.63) is 64.8 Å². The van der Waals surface area contributed by atoms with Gasteiger partial charge < -0.3 is 19.3 Å². The van der Waals surface area contributed by atoms with Crippen molar-refractivity contribution < 1.29 is 28.9 Å². The second-order valence-corrected chi connectivity index (χ2v) is 13.7. The van der Waals surface area contributed by atoms with Gasteiger partial charge >= 0.3 is 12.1 Å². The standard InChI is InChI=1S/C34H42N2O6/c1-21-15-28(40-5)27(26-12-14-35(29(21)26)31(39)42-32(2,3)4)19-36-24-11-13-34(36,20-33(16-24)17-25(37)18-33)23-9-7-22(8-10-23)30(38)41-6/h7-10,12,14-15,24-25,37H,11,13,16-20H2,1-6H3. The zero-order valence-electron chi connectivity index (χ0n) is 25.5. The fraction of sp³-hybridized carbons (Fsp3) is 0.529. The van der Waals surface area contributed by atoms with Gasteiger partial charge in [0.05, 0.1) is 31.4 Å². The number of piperidine rings is 1. The van der Waals surface area contributed by atoms with Gasteiger partial charge in [0.1, 0.15) is 11.4 Å². The zero-order valence-corrected chi connectivity index (χ0v) is 25.5. The van der Waals surface area contributed by atoms with E-state index in [1.54, 1.807) is 17.9 Å². The van der Waals surface area contributed by atoms with E-state index >= 15 is 0 Å². The molecule has 6 rings (SSSR count). The largest absolute Gasteiger partial charge is 0.496 e. The Morgan fingerprint density at radius 3 is 2.40 bits per heavy atom. The van der Waals surface area contributed by atoms with Gasteiger partial charge in [0, 0.05) is 35.3 Å². The molecule has 8 nitrogen and oxygen atoms in total. The third kappa shape index (κ3) is 4.69. The Labute approximate surface area is 247 Å². The van der Waals surface area contributed by atoms with Gasteiger partial charge in [0.15, 0.2) is 0 Å². The molecule has 8 heteroatoms. The minimum atomic E-state index is -0.606. The molecule has 0 amide bonds. The van der Waals surface area contributed by atoms with Gasteiger partial charge in [-0.2, -0.15) is 0 Å². The van der Waals surface area contributed by atoms with Gasteiger partial charge in [0.2, 0.25) is 0 Å². The van der Waals surface area contributed by atoms with E-state index in [1.165, 1.54) is 12.7 Å². The maximum atomic E-state index is 13.2. The minimum absolute atomic E-state index is 0.130. The van der Waals surface area contributed by atoms with Crippen molar-refractivity contribution in [2.45, 2.75) is 96.1 Å². The van der Waals surface area contributed by atoms with Crippen molar-refractivity contribution in [3.63, 3.8) is 0 Å². The van der Waals surface area contributed by atoms with Crippen LogP contribution in [0.3, 0.4) is 0 Å². The number of methoxy groups -OCH3 is 2. The van der Waals surface area contributed by atoms with Crippen LogP contribution in [0, 0.1) is 12.3 Å². The van der Waals surface area contributed by atoms with Gasteiger partial charge in [-0.15, -0.1) is 0 Å². The summed E-state index contributed by atoms with van der Waals surface area (Å²) in [7, 11) is 3.10. The Morgan fingerprint density at radius 2 is 1.79 bits per heavy atom. The van der Waals surface area contributed by atoms with Crippen molar-refractivity contribution in [2.24, 2.45) is 5.41 Å². The summed E-state index contributed by atoms with van der Waals surface area (Å²) >= 11 is 0. The van der Waals surface area contributed by atoms with Gasteiger partial charge in [0.25, 0.3) is 0 Å². The number of nitrogens with zero attached hydrogens (tertiary/aromatic N) is 2. The fourth-order valence-electron chi connectivity index (χ4n) is 8.17. The highest BCUT2D eigenvalue weighted by atomic mass is 16.6. The summed E-state index contributed by atoms with van der Waals surface area (Å²) in [5.41, 5.74) is 3.83. The summed E-state index contributed by atoms with van der Waals surface area (Å²) in [4.78, 5) is 28.0. The molecule has 3 fully saturated rings. The molecule has 1 spiro atoms. The predicted molar refractivity (Wildman–Crippen MR) is 160 cm³/mol. The number of aliphatic hydroxyl groups is 1. The number of hydrogen-bond donors (Lipinski definition) is 1. The number of rotatable bonds is 5. The topological polar surface area (TPSA) is 90.2 Å². The Hall–Kier alpha value is -3.36. The lowest BCUT2D eigenvalue weighted by Gasteiger charge is -2.58. The molecule has 1 saturated carbocycles. The van der Waals surface area contributed by atoms with E-state index in [0.29, 0.717) is 18.2 Å². The van der Waals surface area contributed by atoms with Crippen molar-refractivity contribution in [1.82, 2.24) is 9.47 Å². The average Bonchev–Trinajstić information content (AvgIpc) is 3.46. The SMILES string of the molecule is COC(=O)c1ccc(C23CCC(CC4(CC(O)C4)C2)N3Cc2c(OC)cc(C)c3c2ccn3C(=O)OC(C)(C)C)cc1. The molecule has 3 aromatic rings. The molecule has 1 aromatic heterocycles. The van der Waals surface area contributed by atoms with Crippen molar-refractivity contribution in [3.8, 4) is 5.75 Å². The first-order valence-electron chi connectivity index (χ1n) is 14.9. The van der Waals surface area contributed by atoms with Crippen molar-refractivity contribution >= 4 is 23.0 Å². The van der Waals surface area contributed by atoms with Crippen LogP contribution in [0.5, 0.6) is 5.75 Å². The van der Waals surface area contributed by atoms with E-state index in [-0.39, 0.29) is 23.0 Å². The Balaban J connectivity index is 1.43. The number of aliphatic hydroxyl groups excluding tert-OH is 1. The molecule has 3 heterocycles. The second-order valence-electron chi connectivity index (χ2n) is 13.7. The smallest absolute Gasteiger partial charge is 0.419 e. The van der Waals surface area contributed by atoms with Gasteiger partial charge in [-0.3, -0.25) is 9.47 Å². The fourth-order valence-corrected chi connectivity index (χ4v) is 8.17. The first-order chi connectivity index (χ1) is 19.9. The zero-order chi connectivity index (χ0) is 30.0. The predicted octanol–water partition coefficient (Wildman–Crippen LogP) is 6.32. The first-order valence-corrected chi connectivity index (χ1v) is 14.9. The number of aryl methyl sites for hydroxylation is 1. The van der Waals surface area contributed by atoms with Crippen LogP contribution in [0.25, 0.3) is 10.9 Å². The highest BCUT2D eigenvalue weighted by Gasteiger charge is 2.60. The number of esters is 1. The number of ether oxygens (including phenoxy) is 3. The molecule has 2 unspecified atom stereocenters. The molecular formula is C34H42N2O6. The molecule has 2 aliphatic heterocycles. The normalized spacial score (nSPS) is 27.2. The first kappa shape index (κ1) is 28.7. The monoisotopic (exact) mass is 574 g/mol. The molecule has 2 aromatic carbocycles. The summed E-state index contributed by atoms with van der Waals surface area (Å²) in [6, 6.07) is 12.3. The highest BCUT2D eigenvalue weighted by molar-refractivity contribution is 5.95. The molecule has 0 radical (unpaired) electrons. The van der Waals surface area contributed by atoms with Crippen molar-refractivity contribution in [1.29, 1.82) is 0 Å². The average molecular weight is 575 g/mol. The molecule has 2 saturated heterocycles. The number of hydrogen-bond acceptors (Lipinski definition) is 7. The summed E-state index contributed by atoms with van der Waals surface area (Å²) in [6.45, 7) is 8.26. The van der Waals surface area contributed by atoms with E-state index in [0.717, 1.165) is 66.3 Å². The number of carbonyl (C=O) groups is 2. The van der Waals surface area contributed by atoms with Crippen LogP contribution in [-0.4, -0.2) is 58.6 Å². The Kier molecular flexibility index (Phi) is 6.93. The van der Waals surface area contributed by atoms with Gasteiger partial charge in [-0.25, -0.2) is 9.59 Å². The van der Waals surface area contributed by atoms with Crippen LogP contribution in [0.15, 0.2) is 42.6 Å². The van der Waals surface area contributed by atoms with Gasteiger partial charge in [-0.1, -0.05) is 12.1 Å². The molecule has 2 atom stereocenters. The van der Waals surface area contributed by atoms with Crippen LogP contribution < -0.4 is 4.74 Å². The maximum absolute atomic E-state index is 13.2. The quantitative estimate of drug-likeness (QED) is 0.357. The molecule has 1 N–H and O–H groups in total. The lowest BCUT2D eigenvalue weighted by atomic mass is 9.56. The Morgan fingerprint density at radius 1 is 1.07 bits per heavy atom. The molecule has 3 aliphatic rings. The summed E-state index contributed by atoms with van der Waals surface area (Å²) < 4.78 is 18.2. The second kappa shape index (κ2) is 10.1.